The molecule has 1 aliphatic rings. The van der Waals surface area contributed by atoms with Gasteiger partial charge in [-0.05, 0) is 6.07 Å². The molecule has 0 atom stereocenters. The van der Waals surface area contributed by atoms with Crippen molar-refractivity contribution in [1.29, 1.82) is 5.26 Å². The number of rotatable bonds is 4. The van der Waals surface area contributed by atoms with Crippen molar-refractivity contribution in [3.63, 3.8) is 0 Å². The van der Waals surface area contributed by atoms with Crippen molar-refractivity contribution in [1.82, 2.24) is 9.80 Å². The molecular formula is C18H16F2N4O2. The molecule has 1 fully saturated rings. The fraction of sp³-hybridized carbons (Fsp3) is 0.222. The third-order valence-corrected chi connectivity index (χ3v) is 3.93. The minimum absolute atomic E-state index is 0.171. The molecule has 8 heteroatoms. The van der Waals surface area contributed by atoms with Crippen LogP contribution in [0.3, 0.4) is 0 Å². The van der Waals surface area contributed by atoms with Gasteiger partial charge in [-0.2, -0.15) is 5.26 Å². The van der Waals surface area contributed by atoms with Crippen LogP contribution >= 0.6 is 0 Å². The second-order valence-corrected chi connectivity index (χ2v) is 5.48. The maximum absolute atomic E-state index is 13.9. The van der Waals surface area contributed by atoms with E-state index >= 15 is 0 Å². The van der Waals surface area contributed by atoms with Crippen LogP contribution < -0.4 is 0 Å². The van der Waals surface area contributed by atoms with E-state index in [1.807, 2.05) is 6.07 Å². The van der Waals surface area contributed by atoms with Crippen LogP contribution in [-0.4, -0.2) is 54.0 Å². The summed E-state index contributed by atoms with van der Waals surface area (Å²) in [5.41, 5.74) is -0.563. The second-order valence-electron chi connectivity index (χ2n) is 5.48. The fourth-order valence-corrected chi connectivity index (χ4v) is 2.60. The third-order valence-electron chi connectivity index (χ3n) is 3.93. The molecular weight excluding hydrogens is 342 g/mol. The van der Waals surface area contributed by atoms with Gasteiger partial charge in [0.1, 0.15) is 23.5 Å². The monoisotopic (exact) mass is 358 g/mol. The van der Waals surface area contributed by atoms with Crippen molar-refractivity contribution in [2.24, 2.45) is 4.99 Å². The van der Waals surface area contributed by atoms with Crippen molar-refractivity contribution < 1.29 is 18.4 Å². The molecule has 6 nitrogen and oxygen atoms in total. The van der Waals surface area contributed by atoms with Crippen molar-refractivity contribution in [2.75, 3.05) is 26.2 Å². The van der Waals surface area contributed by atoms with E-state index in [0.29, 0.717) is 25.0 Å². The highest BCUT2D eigenvalue weighted by Gasteiger charge is 2.27. The van der Waals surface area contributed by atoms with Crippen LogP contribution in [0.5, 0.6) is 0 Å². The molecule has 0 spiro atoms. The molecule has 1 aliphatic heterocycles. The number of nitriles is 1. The maximum atomic E-state index is 13.9. The number of benzene rings is 1. The summed E-state index contributed by atoms with van der Waals surface area (Å²) in [5, 5.41) is 9.00. The van der Waals surface area contributed by atoms with Gasteiger partial charge in [0.15, 0.2) is 6.29 Å². The zero-order valence-corrected chi connectivity index (χ0v) is 13.9. The van der Waals surface area contributed by atoms with E-state index in [1.165, 1.54) is 11.1 Å². The van der Waals surface area contributed by atoms with Crippen LogP contribution in [0.25, 0.3) is 0 Å². The average Bonchev–Trinajstić information content (AvgIpc) is 2.65. The second kappa shape index (κ2) is 8.16. The molecule has 0 N–H and O–H groups in total. The van der Waals surface area contributed by atoms with E-state index in [2.05, 4.69) is 18.2 Å². The van der Waals surface area contributed by atoms with E-state index in [4.69, 9.17) is 5.26 Å². The van der Waals surface area contributed by atoms with Crippen LogP contribution in [0, 0.1) is 23.0 Å². The lowest BCUT2D eigenvalue weighted by molar-refractivity contribution is 0.0687. The van der Waals surface area contributed by atoms with Crippen molar-refractivity contribution in [3.05, 3.63) is 59.8 Å². The van der Waals surface area contributed by atoms with Gasteiger partial charge >= 0.3 is 0 Å². The predicted octanol–water partition coefficient (Wildman–Crippen LogP) is 2.16. The minimum atomic E-state index is -1.02. The van der Waals surface area contributed by atoms with E-state index in [9.17, 15) is 18.4 Å². The smallest absolute Gasteiger partial charge is 0.256 e. The number of amidine groups is 1. The molecule has 0 aliphatic carbocycles. The summed E-state index contributed by atoms with van der Waals surface area (Å²) in [6.45, 7) is 8.30. The van der Waals surface area contributed by atoms with Gasteiger partial charge in [0.2, 0.25) is 0 Å². The first-order chi connectivity index (χ1) is 12.4. The number of amides is 1. The fourth-order valence-electron chi connectivity index (χ4n) is 2.60. The highest BCUT2D eigenvalue weighted by atomic mass is 19.1. The lowest BCUT2D eigenvalue weighted by Crippen LogP contribution is -2.51. The predicted molar refractivity (Wildman–Crippen MR) is 91.6 cm³/mol. The summed E-state index contributed by atoms with van der Waals surface area (Å²) in [4.78, 5) is 30.5. The molecule has 1 heterocycles. The highest BCUT2D eigenvalue weighted by Crippen LogP contribution is 2.17. The summed E-state index contributed by atoms with van der Waals surface area (Å²) < 4.78 is 27.3. The Kier molecular flexibility index (Phi) is 5.96. The highest BCUT2D eigenvalue weighted by molar-refractivity contribution is 6.02. The van der Waals surface area contributed by atoms with Gasteiger partial charge in [0, 0.05) is 38.4 Å². The molecule has 2 rings (SSSR count). The van der Waals surface area contributed by atoms with Gasteiger partial charge in [-0.1, -0.05) is 13.2 Å². The molecule has 0 saturated carbocycles. The SMILES string of the molecule is C=CN=C(C(=C)C#N)N1CCN(C(=O)c2cc(C=O)c(F)cc2F)CC1. The first-order valence-electron chi connectivity index (χ1n) is 7.69. The minimum Gasteiger partial charge on any atom is -0.352 e. The molecule has 0 aromatic heterocycles. The van der Waals surface area contributed by atoms with E-state index in [1.54, 1.807) is 4.90 Å². The topological polar surface area (TPSA) is 76.8 Å². The summed E-state index contributed by atoms with van der Waals surface area (Å²) in [6, 6.07) is 3.36. The van der Waals surface area contributed by atoms with Gasteiger partial charge in [0.25, 0.3) is 5.91 Å². The van der Waals surface area contributed by atoms with E-state index in [-0.39, 0.29) is 36.1 Å². The van der Waals surface area contributed by atoms with E-state index < -0.39 is 17.5 Å². The Morgan fingerprint density at radius 1 is 1.19 bits per heavy atom. The quantitative estimate of drug-likeness (QED) is 0.358. The number of piperazine rings is 1. The first-order valence-corrected chi connectivity index (χ1v) is 7.69. The molecule has 0 bridgehead atoms. The Balaban J connectivity index is 2.15. The lowest BCUT2D eigenvalue weighted by Gasteiger charge is -2.36. The van der Waals surface area contributed by atoms with Crippen LogP contribution in [-0.2, 0) is 0 Å². The van der Waals surface area contributed by atoms with Gasteiger partial charge < -0.3 is 9.80 Å². The van der Waals surface area contributed by atoms with Gasteiger partial charge in [-0.15, -0.1) is 0 Å². The van der Waals surface area contributed by atoms with Gasteiger partial charge in [0.05, 0.1) is 16.7 Å². The molecule has 0 unspecified atom stereocenters. The maximum Gasteiger partial charge on any atom is 0.256 e. The van der Waals surface area contributed by atoms with Gasteiger partial charge in [-0.25, -0.2) is 13.8 Å². The summed E-state index contributed by atoms with van der Waals surface area (Å²) in [5.74, 6) is -2.30. The number of hydrogen-bond donors (Lipinski definition) is 0. The summed E-state index contributed by atoms with van der Waals surface area (Å²) >= 11 is 0. The Morgan fingerprint density at radius 2 is 1.81 bits per heavy atom. The molecule has 0 radical (unpaired) electrons. The number of aldehydes is 1. The Labute approximate surface area is 149 Å². The Morgan fingerprint density at radius 3 is 2.35 bits per heavy atom. The molecule has 26 heavy (non-hydrogen) atoms. The zero-order chi connectivity index (χ0) is 19.3. The number of carbonyl (C=O) groups is 2. The summed E-state index contributed by atoms with van der Waals surface area (Å²) in [7, 11) is 0. The van der Waals surface area contributed by atoms with Crippen molar-refractivity contribution in [2.45, 2.75) is 0 Å². The third kappa shape index (κ3) is 3.83. The van der Waals surface area contributed by atoms with Crippen LogP contribution in [0.2, 0.25) is 0 Å². The molecule has 1 aromatic carbocycles. The Hall–Kier alpha value is -3.34. The number of nitrogens with zero attached hydrogens (tertiary/aromatic N) is 4. The molecule has 1 amide bonds. The van der Waals surface area contributed by atoms with E-state index in [0.717, 1.165) is 6.07 Å². The van der Waals surface area contributed by atoms with Crippen LogP contribution in [0.15, 0.2) is 42.1 Å². The van der Waals surface area contributed by atoms with Crippen molar-refractivity contribution in [3.8, 4) is 6.07 Å². The van der Waals surface area contributed by atoms with Crippen molar-refractivity contribution >= 4 is 18.0 Å². The molecule has 1 aromatic rings. The number of halogens is 2. The number of aliphatic imine (C=N–C) groups is 1. The largest absolute Gasteiger partial charge is 0.352 e. The average molecular weight is 358 g/mol. The first kappa shape index (κ1) is 19.0. The molecule has 1 saturated heterocycles. The number of carbonyl (C=O) groups excluding carboxylic acids is 2. The summed E-state index contributed by atoms with van der Waals surface area (Å²) in [6.07, 6.45) is 1.53. The molecule has 134 valence electrons. The number of hydrogen-bond acceptors (Lipinski definition) is 4. The van der Waals surface area contributed by atoms with Crippen LogP contribution in [0.1, 0.15) is 20.7 Å². The zero-order valence-electron chi connectivity index (χ0n) is 13.9. The Bertz CT molecular complexity index is 834. The lowest BCUT2D eigenvalue weighted by atomic mass is 10.1. The normalized spacial score (nSPS) is 14.6. The standard InChI is InChI=1S/C18H16F2N4O2/c1-3-22-17(12(2)10-21)23-4-6-24(7-5-23)18(26)14-8-13(11-25)15(19)9-16(14)20/h3,8-9,11H,1-2,4-7H2. The van der Waals surface area contributed by atoms with Gasteiger partial charge in [-0.3, -0.25) is 9.59 Å². The van der Waals surface area contributed by atoms with Crippen LogP contribution in [0.4, 0.5) is 8.78 Å².